The third kappa shape index (κ3) is 4.65. The van der Waals surface area contributed by atoms with Gasteiger partial charge in [0.1, 0.15) is 12.4 Å². The molecule has 0 saturated heterocycles. The predicted molar refractivity (Wildman–Crippen MR) is 116 cm³/mol. The first-order chi connectivity index (χ1) is 14.4. The number of rotatable bonds is 6. The van der Waals surface area contributed by atoms with Crippen molar-refractivity contribution in [1.29, 1.82) is 0 Å². The van der Waals surface area contributed by atoms with Crippen LogP contribution in [-0.2, 0) is 6.61 Å². The Balaban J connectivity index is 1.39. The van der Waals surface area contributed by atoms with Gasteiger partial charge in [0.05, 0.1) is 17.9 Å². The zero-order valence-corrected chi connectivity index (χ0v) is 17.5. The van der Waals surface area contributed by atoms with Crippen LogP contribution in [0.2, 0.25) is 0 Å². The van der Waals surface area contributed by atoms with E-state index in [1.54, 1.807) is 19.2 Å². The Morgan fingerprint density at radius 2 is 1.97 bits per heavy atom. The maximum absolute atomic E-state index is 12.6. The monoisotopic (exact) mass is 408 g/mol. The van der Waals surface area contributed by atoms with E-state index in [0.29, 0.717) is 35.1 Å². The Kier molecular flexibility index (Phi) is 5.77. The molecule has 2 N–H and O–H groups in total. The molecule has 3 aromatic rings. The Morgan fingerprint density at radius 1 is 1.20 bits per heavy atom. The molecule has 2 heterocycles. The average Bonchev–Trinajstić information content (AvgIpc) is 2.75. The lowest BCUT2D eigenvalue weighted by molar-refractivity contribution is 0.00152. The fourth-order valence-corrected chi connectivity index (χ4v) is 3.92. The molecule has 2 aromatic heterocycles. The molecule has 6 nitrogen and oxygen atoms in total. The van der Waals surface area contributed by atoms with E-state index in [9.17, 15) is 9.90 Å². The Morgan fingerprint density at radius 3 is 2.77 bits per heavy atom. The minimum atomic E-state index is -0.532. The number of hydrogen-bond donors (Lipinski definition) is 2. The minimum absolute atomic E-state index is 0.0134. The van der Waals surface area contributed by atoms with E-state index in [-0.39, 0.29) is 12.0 Å². The predicted octanol–water partition coefficient (Wildman–Crippen LogP) is 4.13. The van der Waals surface area contributed by atoms with Crippen molar-refractivity contribution in [3.05, 3.63) is 64.1 Å². The van der Waals surface area contributed by atoms with E-state index in [4.69, 9.17) is 9.47 Å². The molecule has 0 spiro atoms. The number of aliphatic hydroxyl groups is 1. The molecule has 158 valence electrons. The summed E-state index contributed by atoms with van der Waals surface area (Å²) in [6.07, 6.45) is 5.22. The summed E-state index contributed by atoms with van der Waals surface area (Å²) in [6.45, 7) is 4.55. The van der Waals surface area contributed by atoms with Crippen LogP contribution >= 0.6 is 0 Å². The molecule has 0 radical (unpaired) electrons. The lowest BCUT2D eigenvalue weighted by Gasteiger charge is -2.32. The number of ether oxygens (including phenoxy) is 2. The van der Waals surface area contributed by atoms with Gasteiger partial charge in [-0.25, -0.2) is 4.98 Å². The minimum Gasteiger partial charge on any atom is -0.493 e. The summed E-state index contributed by atoms with van der Waals surface area (Å²) in [4.78, 5) is 20.1. The quantitative estimate of drug-likeness (QED) is 0.641. The van der Waals surface area contributed by atoms with Crippen molar-refractivity contribution in [2.24, 2.45) is 5.92 Å². The van der Waals surface area contributed by atoms with Crippen LogP contribution in [0.1, 0.15) is 43.9 Å². The van der Waals surface area contributed by atoms with Gasteiger partial charge in [-0.1, -0.05) is 12.1 Å². The largest absolute Gasteiger partial charge is 0.493 e. The molecule has 4 rings (SSSR count). The second-order valence-corrected chi connectivity index (χ2v) is 8.47. The molecule has 6 heteroatoms. The lowest BCUT2D eigenvalue weighted by Crippen LogP contribution is -2.32. The molecule has 0 bridgehead atoms. The first-order valence-corrected chi connectivity index (χ1v) is 10.5. The van der Waals surface area contributed by atoms with Crippen molar-refractivity contribution >= 4 is 10.9 Å². The average molecular weight is 408 g/mol. The Hall–Kier alpha value is -2.86. The van der Waals surface area contributed by atoms with Gasteiger partial charge in [0.15, 0.2) is 5.43 Å². The number of para-hydroxylation sites is 1. The first kappa shape index (κ1) is 20.4. The van der Waals surface area contributed by atoms with Crippen LogP contribution < -0.4 is 14.9 Å². The van der Waals surface area contributed by atoms with Crippen LogP contribution in [0.3, 0.4) is 0 Å². The van der Waals surface area contributed by atoms with E-state index in [1.165, 1.54) is 0 Å². The first-order valence-electron chi connectivity index (χ1n) is 10.5. The van der Waals surface area contributed by atoms with Crippen molar-refractivity contribution < 1.29 is 14.6 Å². The van der Waals surface area contributed by atoms with E-state index >= 15 is 0 Å². The van der Waals surface area contributed by atoms with E-state index in [2.05, 4.69) is 9.97 Å². The van der Waals surface area contributed by atoms with Gasteiger partial charge in [0.2, 0.25) is 5.88 Å². The van der Waals surface area contributed by atoms with E-state index in [1.807, 2.05) is 37.3 Å². The summed E-state index contributed by atoms with van der Waals surface area (Å²) in [7, 11) is 0. The molecule has 0 atom stereocenters. The van der Waals surface area contributed by atoms with Gasteiger partial charge in [0, 0.05) is 28.7 Å². The fraction of sp³-hybridized carbons (Fsp3) is 0.417. The molecule has 0 amide bonds. The molecule has 0 unspecified atom stereocenters. The number of hydrogen-bond acceptors (Lipinski definition) is 5. The number of H-pyrrole nitrogens is 1. The molecule has 0 aliphatic heterocycles. The van der Waals surface area contributed by atoms with E-state index < -0.39 is 5.60 Å². The third-order valence-electron chi connectivity index (χ3n) is 5.99. The molecule has 30 heavy (non-hydrogen) atoms. The van der Waals surface area contributed by atoms with Crippen LogP contribution in [0.25, 0.3) is 10.9 Å². The standard InChI is InChI=1S/C24H28N2O4/c1-16-21(26-20-6-4-3-5-19(20)23(16)27)15-30-22-13-18(9-12-25-22)29-14-17-7-10-24(2,28)11-8-17/h3-6,9,12-13,17,28H,7-8,10-11,14-15H2,1-2H3,(H,26,27). The summed E-state index contributed by atoms with van der Waals surface area (Å²) in [6, 6.07) is 11.0. The van der Waals surface area contributed by atoms with Crippen LogP contribution in [0.4, 0.5) is 0 Å². The van der Waals surface area contributed by atoms with Gasteiger partial charge in [-0.05, 0) is 63.6 Å². The number of aromatic nitrogens is 2. The molecular formula is C24H28N2O4. The van der Waals surface area contributed by atoms with Gasteiger partial charge in [-0.3, -0.25) is 4.79 Å². The highest BCUT2D eigenvalue weighted by Gasteiger charge is 2.28. The zero-order valence-electron chi connectivity index (χ0n) is 17.5. The summed E-state index contributed by atoms with van der Waals surface area (Å²) >= 11 is 0. The summed E-state index contributed by atoms with van der Waals surface area (Å²) in [5.41, 5.74) is 1.66. The Bertz CT molecular complexity index is 1080. The maximum Gasteiger partial charge on any atom is 0.217 e. The highest BCUT2D eigenvalue weighted by molar-refractivity contribution is 5.79. The van der Waals surface area contributed by atoms with Gasteiger partial charge in [0.25, 0.3) is 0 Å². The number of nitrogens with one attached hydrogen (secondary N) is 1. The number of benzene rings is 1. The zero-order chi connectivity index (χ0) is 21.1. The summed E-state index contributed by atoms with van der Waals surface area (Å²) in [5, 5.41) is 10.8. The number of pyridine rings is 2. The van der Waals surface area contributed by atoms with Gasteiger partial charge >= 0.3 is 0 Å². The summed E-state index contributed by atoms with van der Waals surface area (Å²) in [5.74, 6) is 1.61. The SMILES string of the molecule is Cc1c(COc2cc(OCC3CCC(C)(O)CC3)ccn2)[nH]c2ccccc2c1=O. The van der Waals surface area contributed by atoms with Gasteiger partial charge < -0.3 is 19.6 Å². The molecular weight excluding hydrogens is 380 g/mol. The molecule has 1 fully saturated rings. The highest BCUT2D eigenvalue weighted by atomic mass is 16.5. The normalized spacial score (nSPS) is 21.5. The number of aromatic amines is 1. The Labute approximate surface area is 175 Å². The van der Waals surface area contributed by atoms with Crippen molar-refractivity contribution in [2.45, 2.75) is 51.7 Å². The van der Waals surface area contributed by atoms with Crippen LogP contribution in [0.15, 0.2) is 47.4 Å². The lowest BCUT2D eigenvalue weighted by atomic mass is 9.80. The van der Waals surface area contributed by atoms with Gasteiger partial charge in [-0.15, -0.1) is 0 Å². The smallest absolute Gasteiger partial charge is 0.217 e. The number of fused-ring (bicyclic) bond motifs is 1. The number of nitrogens with zero attached hydrogens (tertiary/aromatic N) is 1. The molecule has 1 aliphatic carbocycles. The van der Waals surface area contributed by atoms with Crippen molar-refractivity contribution in [3.63, 3.8) is 0 Å². The van der Waals surface area contributed by atoms with Crippen LogP contribution in [-0.4, -0.2) is 27.3 Å². The summed E-state index contributed by atoms with van der Waals surface area (Å²) < 4.78 is 11.8. The second kappa shape index (κ2) is 8.48. The van der Waals surface area contributed by atoms with Crippen molar-refractivity contribution in [3.8, 4) is 11.6 Å². The molecule has 1 aliphatic rings. The third-order valence-corrected chi connectivity index (χ3v) is 5.99. The van der Waals surface area contributed by atoms with Gasteiger partial charge in [-0.2, -0.15) is 0 Å². The molecule has 1 aromatic carbocycles. The maximum atomic E-state index is 12.6. The fourth-order valence-electron chi connectivity index (χ4n) is 3.92. The highest BCUT2D eigenvalue weighted by Crippen LogP contribution is 2.32. The van der Waals surface area contributed by atoms with E-state index in [0.717, 1.165) is 36.9 Å². The second-order valence-electron chi connectivity index (χ2n) is 8.47. The topological polar surface area (TPSA) is 84.4 Å². The molecule has 1 saturated carbocycles. The van der Waals surface area contributed by atoms with Crippen LogP contribution in [0.5, 0.6) is 11.6 Å². The van der Waals surface area contributed by atoms with Crippen LogP contribution in [0, 0.1) is 12.8 Å². The van der Waals surface area contributed by atoms with Crippen molar-refractivity contribution in [2.75, 3.05) is 6.61 Å². The van der Waals surface area contributed by atoms with Crippen molar-refractivity contribution in [1.82, 2.24) is 9.97 Å².